The molecule has 0 fully saturated rings. The number of benzene rings is 2. The average Bonchev–Trinajstić information content (AvgIpc) is 3.10. The summed E-state index contributed by atoms with van der Waals surface area (Å²) in [5.74, 6) is -0.120. The fourth-order valence-electron chi connectivity index (χ4n) is 2.11. The van der Waals surface area contributed by atoms with Crippen molar-refractivity contribution in [2.24, 2.45) is 0 Å². The van der Waals surface area contributed by atoms with Crippen LogP contribution >= 0.6 is 0 Å². The molecule has 1 aromatic heterocycles. The molecule has 0 aliphatic carbocycles. The number of anilines is 1. The van der Waals surface area contributed by atoms with E-state index in [1.54, 1.807) is 30.3 Å². The first kappa shape index (κ1) is 15.6. The summed E-state index contributed by atoms with van der Waals surface area (Å²) in [5, 5.41) is 9.12. The van der Waals surface area contributed by atoms with Crippen molar-refractivity contribution in [3.05, 3.63) is 60.4 Å². The maximum Gasteiger partial charge on any atom is 0.387 e. The van der Waals surface area contributed by atoms with Crippen LogP contribution in [0.4, 0.5) is 14.5 Å². The summed E-state index contributed by atoms with van der Waals surface area (Å²) in [7, 11) is 0. The lowest BCUT2D eigenvalue weighted by Gasteiger charge is -2.11. The van der Waals surface area contributed by atoms with E-state index < -0.39 is 12.5 Å². The third kappa shape index (κ3) is 3.54. The van der Waals surface area contributed by atoms with Gasteiger partial charge in [0.2, 0.25) is 0 Å². The molecule has 0 atom stereocenters. The third-order valence-corrected chi connectivity index (χ3v) is 3.18. The van der Waals surface area contributed by atoms with Gasteiger partial charge in [0.25, 0.3) is 5.91 Å². The first-order valence-electron chi connectivity index (χ1n) is 6.94. The number of halogens is 2. The van der Waals surface area contributed by atoms with Crippen molar-refractivity contribution in [3.8, 4) is 17.1 Å². The Morgan fingerprint density at radius 3 is 2.54 bits per heavy atom. The zero-order valence-electron chi connectivity index (χ0n) is 12.2. The number of carbonyl (C=O) groups excluding carboxylic acids is 1. The third-order valence-electron chi connectivity index (χ3n) is 3.18. The Hall–Kier alpha value is -3.29. The second-order valence-corrected chi connectivity index (χ2v) is 4.74. The predicted octanol–water partition coefficient (Wildman–Crippen LogP) is 3.33. The molecule has 2 aromatic carbocycles. The highest BCUT2D eigenvalue weighted by molar-refractivity contribution is 6.06. The van der Waals surface area contributed by atoms with Crippen LogP contribution < -0.4 is 10.1 Å². The molecule has 24 heavy (non-hydrogen) atoms. The van der Waals surface area contributed by atoms with E-state index in [1.165, 1.54) is 24.5 Å². The number of aromatic amines is 1. The minimum Gasteiger partial charge on any atom is -0.434 e. The largest absolute Gasteiger partial charge is 0.434 e. The van der Waals surface area contributed by atoms with Crippen LogP contribution in [0.3, 0.4) is 0 Å². The van der Waals surface area contributed by atoms with Crippen molar-refractivity contribution in [3.63, 3.8) is 0 Å². The Bertz CT molecular complexity index is 820. The molecule has 0 radical (unpaired) electrons. The number of aromatic nitrogens is 3. The van der Waals surface area contributed by atoms with Gasteiger partial charge < -0.3 is 10.1 Å². The number of para-hydroxylation sites is 1. The van der Waals surface area contributed by atoms with E-state index in [4.69, 9.17) is 0 Å². The van der Waals surface area contributed by atoms with E-state index in [2.05, 4.69) is 25.2 Å². The monoisotopic (exact) mass is 330 g/mol. The van der Waals surface area contributed by atoms with Gasteiger partial charge in [0.1, 0.15) is 12.1 Å². The van der Waals surface area contributed by atoms with Crippen LogP contribution in [-0.2, 0) is 0 Å². The molecule has 0 bridgehead atoms. The topological polar surface area (TPSA) is 79.9 Å². The number of amides is 1. The molecular weight excluding hydrogens is 318 g/mol. The standard InChI is InChI=1S/C16H12F2N4O2/c17-16(18)24-13-4-2-1-3-12(13)15(23)21-11-7-5-10(6-8-11)14-19-9-20-22-14/h1-9,16H,(H,21,23)(H,19,20,22). The number of hydrogen-bond acceptors (Lipinski definition) is 4. The number of carbonyl (C=O) groups is 1. The first-order valence-corrected chi connectivity index (χ1v) is 6.94. The lowest BCUT2D eigenvalue weighted by atomic mass is 10.1. The van der Waals surface area contributed by atoms with Crippen LogP contribution in [0.2, 0.25) is 0 Å². The number of rotatable bonds is 5. The highest BCUT2D eigenvalue weighted by Gasteiger charge is 2.15. The molecule has 8 heteroatoms. The zero-order chi connectivity index (χ0) is 16.9. The molecule has 1 amide bonds. The van der Waals surface area contributed by atoms with Gasteiger partial charge in [-0.1, -0.05) is 12.1 Å². The van der Waals surface area contributed by atoms with Gasteiger partial charge in [0.05, 0.1) is 5.56 Å². The molecule has 0 aliphatic heterocycles. The van der Waals surface area contributed by atoms with Crippen molar-refractivity contribution in [2.75, 3.05) is 5.32 Å². The van der Waals surface area contributed by atoms with Crippen molar-refractivity contribution < 1.29 is 18.3 Å². The summed E-state index contributed by atoms with van der Waals surface area (Å²) in [6, 6.07) is 12.7. The van der Waals surface area contributed by atoms with Crippen LogP contribution in [0.5, 0.6) is 5.75 Å². The number of hydrogen-bond donors (Lipinski definition) is 2. The number of nitrogens with zero attached hydrogens (tertiary/aromatic N) is 2. The molecule has 6 nitrogen and oxygen atoms in total. The van der Waals surface area contributed by atoms with Crippen molar-refractivity contribution >= 4 is 11.6 Å². The van der Waals surface area contributed by atoms with Gasteiger partial charge in [0, 0.05) is 11.3 Å². The van der Waals surface area contributed by atoms with Gasteiger partial charge in [-0.05, 0) is 36.4 Å². The Balaban J connectivity index is 1.75. The molecule has 0 spiro atoms. The molecule has 1 heterocycles. The normalized spacial score (nSPS) is 10.6. The van der Waals surface area contributed by atoms with Gasteiger partial charge in [-0.2, -0.15) is 13.9 Å². The lowest BCUT2D eigenvalue weighted by molar-refractivity contribution is -0.0501. The fraction of sp³-hybridized carbons (Fsp3) is 0.0625. The fourth-order valence-corrected chi connectivity index (χ4v) is 2.11. The summed E-state index contributed by atoms with van der Waals surface area (Å²) >= 11 is 0. The van der Waals surface area contributed by atoms with Gasteiger partial charge in [0.15, 0.2) is 5.82 Å². The van der Waals surface area contributed by atoms with Crippen LogP contribution in [-0.4, -0.2) is 27.7 Å². The maximum absolute atomic E-state index is 12.4. The van der Waals surface area contributed by atoms with E-state index in [0.29, 0.717) is 11.5 Å². The van der Waals surface area contributed by atoms with Crippen LogP contribution in [0.1, 0.15) is 10.4 Å². The maximum atomic E-state index is 12.4. The molecule has 0 aliphatic rings. The smallest absolute Gasteiger partial charge is 0.387 e. The average molecular weight is 330 g/mol. The summed E-state index contributed by atoms with van der Waals surface area (Å²) < 4.78 is 29.2. The number of alkyl halides is 2. The predicted molar refractivity (Wildman–Crippen MR) is 82.8 cm³/mol. The van der Waals surface area contributed by atoms with Crippen LogP contribution in [0.15, 0.2) is 54.9 Å². The molecule has 0 unspecified atom stereocenters. The van der Waals surface area contributed by atoms with E-state index in [0.717, 1.165) is 5.56 Å². The molecule has 122 valence electrons. The van der Waals surface area contributed by atoms with E-state index in [9.17, 15) is 13.6 Å². The van der Waals surface area contributed by atoms with Crippen molar-refractivity contribution in [1.29, 1.82) is 0 Å². The van der Waals surface area contributed by atoms with Gasteiger partial charge in [-0.25, -0.2) is 4.98 Å². The molecule has 2 N–H and O–H groups in total. The Labute approximate surface area is 135 Å². The Kier molecular flexibility index (Phi) is 4.46. The number of H-pyrrole nitrogens is 1. The van der Waals surface area contributed by atoms with E-state index >= 15 is 0 Å². The summed E-state index contributed by atoms with van der Waals surface area (Å²) in [5.41, 5.74) is 1.33. The van der Waals surface area contributed by atoms with Crippen molar-refractivity contribution in [2.45, 2.75) is 6.61 Å². The molecule has 3 rings (SSSR count). The first-order chi connectivity index (χ1) is 11.6. The number of nitrogens with one attached hydrogen (secondary N) is 2. The summed E-state index contributed by atoms with van der Waals surface area (Å²) in [6.45, 7) is -3.00. The molecule has 0 saturated heterocycles. The van der Waals surface area contributed by atoms with E-state index in [-0.39, 0.29) is 11.3 Å². The second kappa shape index (κ2) is 6.86. The number of ether oxygens (including phenoxy) is 1. The van der Waals surface area contributed by atoms with E-state index in [1.807, 2.05) is 0 Å². The Morgan fingerprint density at radius 2 is 1.88 bits per heavy atom. The molecule has 3 aromatic rings. The Morgan fingerprint density at radius 1 is 1.12 bits per heavy atom. The highest BCUT2D eigenvalue weighted by Crippen LogP contribution is 2.22. The van der Waals surface area contributed by atoms with Crippen LogP contribution in [0.25, 0.3) is 11.4 Å². The second-order valence-electron chi connectivity index (χ2n) is 4.74. The van der Waals surface area contributed by atoms with Gasteiger partial charge in [-0.3, -0.25) is 9.89 Å². The van der Waals surface area contributed by atoms with Crippen molar-refractivity contribution in [1.82, 2.24) is 15.2 Å². The minimum absolute atomic E-state index is 0.0251. The zero-order valence-corrected chi connectivity index (χ0v) is 12.2. The summed E-state index contributed by atoms with van der Waals surface area (Å²) in [6.07, 6.45) is 1.39. The van der Waals surface area contributed by atoms with Gasteiger partial charge >= 0.3 is 6.61 Å². The molecular formula is C16H12F2N4O2. The molecule has 0 saturated carbocycles. The van der Waals surface area contributed by atoms with Crippen LogP contribution in [0, 0.1) is 0 Å². The van der Waals surface area contributed by atoms with Gasteiger partial charge in [-0.15, -0.1) is 0 Å². The lowest BCUT2D eigenvalue weighted by Crippen LogP contribution is -2.14. The quantitative estimate of drug-likeness (QED) is 0.752. The summed E-state index contributed by atoms with van der Waals surface area (Å²) in [4.78, 5) is 16.3. The highest BCUT2D eigenvalue weighted by atomic mass is 19.3. The minimum atomic E-state index is -3.00. The SMILES string of the molecule is O=C(Nc1ccc(-c2ncn[nH]2)cc1)c1ccccc1OC(F)F.